The van der Waals surface area contributed by atoms with E-state index < -0.39 is 28.4 Å². The highest BCUT2D eigenvalue weighted by atomic mass is 35.5. The van der Waals surface area contributed by atoms with Crippen LogP contribution in [0.4, 0.5) is 10.5 Å². The van der Waals surface area contributed by atoms with Crippen molar-refractivity contribution in [3.63, 3.8) is 0 Å². The lowest BCUT2D eigenvalue weighted by Crippen LogP contribution is -2.38. The van der Waals surface area contributed by atoms with Crippen molar-refractivity contribution in [2.75, 3.05) is 17.1 Å². The average molecular weight is 482 g/mol. The average Bonchev–Trinajstić information content (AvgIpc) is 2.90. The summed E-state index contributed by atoms with van der Waals surface area (Å²) in [6.07, 6.45) is 2.31. The zero-order valence-electron chi connectivity index (χ0n) is 17.4. The molecule has 0 saturated carbocycles. The van der Waals surface area contributed by atoms with Gasteiger partial charge in [0.05, 0.1) is 22.1 Å². The fraction of sp³-hybridized carbons (Fsp3) is 0.273. The maximum Gasteiger partial charge on any atom is 0.422 e. The number of ether oxygens (including phenoxy) is 2. The molecular weight excluding hydrogens is 461 g/mol. The molecule has 1 aliphatic rings. The van der Waals surface area contributed by atoms with Gasteiger partial charge in [0.15, 0.2) is 5.94 Å². The minimum Gasteiger partial charge on any atom is -0.480 e. The summed E-state index contributed by atoms with van der Waals surface area (Å²) in [5, 5.41) is 0.807. The summed E-state index contributed by atoms with van der Waals surface area (Å²) in [7, 11) is -1.18. The Balaban J connectivity index is 2.10. The molecule has 1 heterocycles. The van der Waals surface area contributed by atoms with Crippen molar-refractivity contribution in [2.45, 2.75) is 26.4 Å². The van der Waals surface area contributed by atoms with E-state index in [9.17, 15) is 13.8 Å². The Morgan fingerprint density at radius 3 is 2.42 bits per heavy atom. The Bertz CT molecular complexity index is 1110. The maximum absolute atomic E-state index is 13.3. The lowest BCUT2D eigenvalue weighted by Gasteiger charge is -2.23. The molecule has 0 N–H and O–H groups in total. The molecule has 2 aromatic carbocycles. The molecule has 0 aromatic heterocycles. The van der Waals surface area contributed by atoms with Crippen molar-refractivity contribution < 1.29 is 23.3 Å². The third-order valence-corrected chi connectivity index (χ3v) is 5.07. The van der Waals surface area contributed by atoms with Crippen LogP contribution >= 0.6 is 23.2 Å². The standard InChI is InChI=1S/C22H21Cl2NO5S/c1-22(2,3)30-21(27)25-18-11-15(24)5-7-16(18)17(20(25)26)10-13-9-14(23)6-8-19(13)29-12-31(4)28/h5-11H,12H2,1-4H3. The van der Waals surface area contributed by atoms with Crippen molar-refractivity contribution in [3.05, 3.63) is 57.6 Å². The number of carbonyl (C=O) groups is 2. The van der Waals surface area contributed by atoms with Gasteiger partial charge in [-0.3, -0.25) is 9.00 Å². The third kappa shape index (κ3) is 5.47. The molecule has 164 valence electrons. The van der Waals surface area contributed by atoms with Crippen LogP contribution in [0.25, 0.3) is 11.6 Å². The van der Waals surface area contributed by atoms with Crippen LogP contribution in [0.15, 0.2) is 36.4 Å². The molecule has 3 rings (SSSR count). The van der Waals surface area contributed by atoms with Crippen LogP contribution in [0.1, 0.15) is 31.9 Å². The van der Waals surface area contributed by atoms with E-state index in [0.29, 0.717) is 32.6 Å². The maximum atomic E-state index is 13.3. The van der Waals surface area contributed by atoms with Gasteiger partial charge >= 0.3 is 6.09 Å². The SMILES string of the molecule is CS(=O)COc1ccc(Cl)cc1C=C1C(=O)N(C(=O)OC(C)(C)C)c2cc(Cl)ccc21. The van der Waals surface area contributed by atoms with E-state index in [1.807, 2.05) is 0 Å². The molecule has 0 fully saturated rings. The summed E-state index contributed by atoms with van der Waals surface area (Å²) in [4.78, 5) is 27.0. The van der Waals surface area contributed by atoms with Crippen LogP contribution in [0.3, 0.4) is 0 Å². The van der Waals surface area contributed by atoms with E-state index in [4.69, 9.17) is 32.7 Å². The third-order valence-electron chi connectivity index (χ3n) is 4.15. The number of amides is 2. The molecule has 1 atom stereocenters. The quantitative estimate of drug-likeness (QED) is 0.536. The minimum absolute atomic E-state index is 0.0119. The number of hydrogen-bond donors (Lipinski definition) is 0. The Labute approximate surface area is 193 Å². The predicted octanol–water partition coefficient (Wildman–Crippen LogP) is 5.53. The minimum atomic E-state index is -1.18. The summed E-state index contributed by atoms with van der Waals surface area (Å²) < 4.78 is 22.5. The van der Waals surface area contributed by atoms with Gasteiger partial charge < -0.3 is 9.47 Å². The van der Waals surface area contributed by atoms with Crippen molar-refractivity contribution in [1.29, 1.82) is 0 Å². The summed E-state index contributed by atoms with van der Waals surface area (Å²) in [5.74, 6) is -0.162. The number of rotatable bonds is 4. The highest BCUT2D eigenvalue weighted by Gasteiger charge is 2.39. The molecule has 0 radical (unpaired) electrons. The van der Waals surface area contributed by atoms with E-state index in [2.05, 4.69) is 0 Å². The molecule has 0 bridgehead atoms. The van der Waals surface area contributed by atoms with Gasteiger partial charge in [0.1, 0.15) is 11.4 Å². The first kappa shape index (κ1) is 23.3. The Morgan fingerprint density at radius 1 is 1.13 bits per heavy atom. The second-order valence-corrected chi connectivity index (χ2v) is 10.1. The highest BCUT2D eigenvalue weighted by molar-refractivity contribution is 7.84. The topological polar surface area (TPSA) is 72.9 Å². The van der Waals surface area contributed by atoms with Crippen LogP contribution in [-0.2, 0) is 20.3 Å². The molecule has 9 heteroatoms. The number of nitrogens with zero attached hydrogens (tertiary/aromatic N) is 1. The Hall–Kier alpha value is -2.35. The first-order valence-electron chi connectivity index (χ1n) is 9.28. The summed E-state index contributed by atoms with van der Waals surface area (Å²) in [5.41, 5.74) is 0.824. The van der Waals surface area contributed by atoms with Gasteiger partial charge in [0.25, 0.3) is 5.91 Å². The molecule has 2 aromatic rings. The zero-order valence-corrected chi connectivity index (χ0v) is 19.7. The number of halogens is 2. The van der Waals surface area contributed by atoms with Crippen LogP contribution in [-0.4, -0.2) is 34.0 Å². The molecule has 0 spiro atoms. The van der Waals surface area contributed by atoms with Crippen molar-refractivity contribution in [1.82, 2.24) is 0 Å². The molecule has 0 saturated heterocycles. The van der Waals surface area contributed by atoms with Crippen LogP contribution in [0, 0.1) is 0 Å². The number of fused-ring (bicyclic) bond motifs is 1. The molecular formula is C22H21Cl2NO5S. The Morgan fingerprint density at radius 2 is 1.77 bits per heavy atom. The largest absolute Gasteiger partial charge is 0.480 e. The van der Waals surface area contributed by atoms with Crippen LogP contribution < -0.4 is 9.64 Å². The normalized spacial score (nSPS) is 15.7. The Kier molecular flexibility index (Phi) is 6.79. The van der Waals surface area contributed by atoms with Gasteiger partial charge in [0, 0.05) is 27.4 Å². The van der Waals surface area contributed by atoms with Crippen molar-refractivity contribution in [2.24, 2.45) is 0 Å². The van der Waals surface area contributed by atoms with E-state index in [-0.39, 0.29) is 11.5 Å². The van der Waals surface area contributed by atoms with Crippen LogP contribution in [0.5, 0.6) is 5.75 Å². The number of imide groups is 1. The summed E-state index contributed by atoms with van der Waals surface area (Å²) in [6.45, 7) is 5.15. The van der Waals surface area contributed by atoms with E-state index in [0.717, 1.165) is 4.90 Å². The molecule has 1 aliphatic heterocycles. The van der Waals surface area contributed by atoms with Gasteiger partial charge in [-0.1, -0.05) is 29.3 Å². The van der Waals surface area contributed by atoms with Crippen molar-refractivity contribution in [3.8, 4) is 5.75 Å². The molecule has 2 amide bonds. The first-order chi connectivity index (χ1) is 14.5. The van der Waals surface area contributed by atoms with Gasteiger partial charge in [-0.15, -0.1) is 0 Å². The number of anilines is 1. The smallest absolute Gasteiger partial charge is 0.422 e. The van der Waals surface area contributed by atoms with Crippen molar-refractivity contribution >= 4 is 63.3 Å². The predicted molar refractivity (Wildman–Crippen MR) is 124 cm³/mol. The van der Waals surface area contributed by atoms with E-state index >= 15 is 0 Å². The van der Waals surface area contributed by atoms with Gasteiger partial charge in [0.2, 0.25) is 0 Å². The molecule has 31 heavy (non-hydrogen) atoms. The molecule has 0 aliphatic carbocycles. The van der Waals surface area contributed by atoms with Gasteiger partial charge in [-0.2, -0.15) is 0 Å². The fourth-order valence-electron chi connectivity index (χ4n) is 2.96. The van der Waals surface area contributed by atoms with Gasteiger partial charge in [-0.05, 0) is 57.2 Å². The first-order valence-corrected chi connectivity index (χ1v) is 11.8. The zero-order chi connectivity index (χ0) is 22.9. The number of carbonyl (C=O) groups excluding carboxylic acids is 2. The fourth-order valence-corrected chi connectivity index (χ4v) is 3.60. The van der Waals surface area contributed by atoms with Gasteiger partial charge in [-0.25, -0.2) is 9.69 Å². The van der Waals surface area contributed by atoms with Crippen LogP contribution in [0.2, 0.25) is 10.0 Å². The molecule has 1 unspecified atom stereocenters. The number of hydrogen-bond acceptors (Lipinski definition) is 5. The molecule has 6 nitrogen and oxygen atoms in total. The summed E-state index contributed by atoms with van der Waals surface area (Å²) >= 11 is 12.3. The lowest BCUT2D eigenvalue weighted by atomic mass is 10.0. The number of benzene rings is 2. The second-order valence-electron chi connectivity index (χ2n) is 7.86. The second kappa shape index (κ2) is 9.02. The van der Waals surface area contributed by atoms with E-state index in [1.165, 1.54) is 12.3 Å². The lowest BCUT2D eigenvalue weighted by molar-refractivity contribution is -0.112. The summed E-state index contributed by atoms with van der Waals surface area (Å²) in [6, 6.07) is 9.73. The van der Waals surface area contributed by atoms with E-state index in [1.54, 1.807) is 57.2 Å². The monoisotopic (exact) mass is 481 g/mol. The highest BCUT2D eigenvalue weighted by Crippen LogP contribution is 2.41.